The molecule has 3 atom stereocenters. The van der Waals surface area contributed by atoms with Crippen molar-refractivity contribution in [3.8, 4) is 0 Å². The van der Waals surface area contributed by atoms with Crippen molar-refractivity contribution < 1.29 is 0 Å². The van der Waals surface area contributed by atoms with Gasteiger partial charge in [0.2, 0.25) is 0 Å². The Morgan fingerprint density at radius 1 is 0.808 bits per heavy atom. The Kier molecular flexibility index (Phi) is 3.44. The average Bonchev–Trinajstić information content (AvgIpc) is 2.55. The van der Waals surface area contributed by atoms with E-state index in [9.17, 15) is 0 Å². The van der Waals surface area contributed by atoms with E-state index >= 15 is 0 Å². The molecule has 4 aliphatic rings. The van der Waals surface area contributed by atoms with Crippen LogP contribution < -0.4 is 11.5 Å². The van der Waals surface area contributed by atoms with Crippen LogP contribution in [0.5, 0.6) is 0 Å². The van der Waals surface area contributed by atoms with Crippen LogP contribution in [0.3, 0.4) is 0 Å². The molecule has 2 aromatic rings. The van der Waals surface area contributed by atoms with E-state index < -0.39 is 0 Å². The zero-order chi connectivity index (χ0) is 18.1. The number of nitrogens with two attached hydrogens (primary N) is 2. The van der Waals surface area contributed by atoms with Crippen LogP contribution in [0.2, 0.25) is 0 Å². The maximum absolute atomic E-state index is 6.09. The Morgan fingerprint density at radius 3 is 2.04 bits per heavy atom. The largest absolute Gasteiger partial charge is 0.399 e. The zero-order valence-corrected chi connectivity index (χ0v) is 16.0. The number of hydrogen-bond donors (Lipinski definition) is 2. The number of benzene rings is 2. The molecule has 6 rings (SSSR count). The molecule has 136 valence electrons. The minimum Gasteiger partial charge on any atom is -0.399 e. The smallest absolute Gasteiger partial charge is 0.0316 e. The van der Waals surface area contributed by atoms with Gasteiger partial charge in [0.05, 0.1) is 0 Å². The van der Waals surface area contributed by atoms with Crippen LogP contribution >= 0.6 is 0 Å². The summed E-state index contributed by atoms with van der Waals surface area (Å²) in [5.41, 5.74) is 20.1. The van der Waals surface area contributed by atoms with E-state index in [1.165, 1.54) is 43.2 Å². The zero-order valence-electron chi connectivity index (χ0n) is 16.0. The second kappa shape index (κ2) is 5.52. The summed E-state index contributed by atoms with van der Waals surface area (Å²) in [7, 11) is 0. The molecule has 4 saturated carbocycles. The Labute approximate surface area is 157 Å². The van der Waals surface area contributed by atoms with Gasteiger partial charge in [0, 0.05) is 16.8 Å². The fraction of sp³-hybridized carbons (Fsp3) is 0.500. The number of hydrogen-bond acceptors (Lipinski definition) is 2. The first-order chi connectivity index (χ1) is 12.5. The van der Waals surface area contributed by atoms with E-state index in [1.807, 2.05) is 0 Å². The Morgan fingerprint density at radius 2 is 1.42 bits per heavy atom. The predicted octanol–water partition coefficient (Wildman–Crippen LogP) is 5.33. The number of rotatable bonds is 2. The second-order valence-corrected chi connectivity index (χ2v) is 9.43. The highest BCUT2D eigenvalue weighted by atomic mass is 14.6. The normalized spacial score (nSPS) is 35.0. The second-order valence-electron chi connectivity index (χ2n) is 9.43. The van der Waals surface area contributed by atoms with Gasteiger partial charge in [-0.05, 0) is 116 Å². The van der Waals surface area contributed by atoms with Gasteiger partial charge in [0.1, 0.15) is 0 Å². The van der Waals surface area contributed by atoms with Crippen molar-refractivity contribution in [2.24, 2.45) is 17.8 Å². The SMILES string of the molecule is Cc1cc(N)ccc1C1C2CC3CC(C2)CC1(c1ccc(N)cc1C)C3. The Bertz CT molecular complexity index is 855. The van der Waals surface area contributed by atoms with Gasteiger partial charge in [-0.3, -0.25) is 0 Å². The topological polar surface area (TPSA) is 52.0 Å². The van der Waals surface area contributed by atoms with E-state index in [-0.39, 0.29) is 5.41 Å². The Hall–Kier alpha value is -1.96. The van der Waals surface area contributed by atoms with E-state index in [0.717, 1.165) is 29.1 Å². The molecule has 0 amide bonds. The number of aryl methyl sites for hydroxylation is 2. The molecule has 2 aromatic carbocycles. The molecule has 0 saturated heterocycles. The summed E-state index contributed by atoms with van der Waals surface area (Å²) in [5.74, 6) is 3.27. The molecule has 0 spiro atoms. The molecule has 3 unspecified atom stereocenters. The summed E-state index contributed by atoms with van der Waals surface area (Å²) in [5, 5.41) is 0. The molecule has 0 aliphatic heterocycles. The first-order valence-corrected chi connectivity index (χ1v) is 10.2. The highest BCUT2D eigenvalue weighted by Crippen LogP contribution is 2.67. The summed E-state index contributed by atoms with van der Waals surface area (Å²) < 4.78 is 0. The summed E-state index contributed by atoms with van der Waals surface area (Å²) in [6, 6.07) is 13.2. The van der Waals surface area contributed by atoms with E-state index in [0.29, 0.717) is 5.92 Å². The molecular formula is C24H30N2. The van der Waals surface area contributed by atoms with Crippen LogP contribution in [-0.2, 0) is 5.41 Å². The molecule has 4 bridgehead atoms. The molecule has 2 nitrogen and oxygen atoms in total. The van der Waals surface area contributed by atoms with Gasteiger partial charge in [-0.2, -0.15) is 0 Å². The molecular weight excluding hydrogens is 316 g/mol. The lowest BCUT2D eigenvalue weighted by Gasteiger charge is -2.62. The van der Waals surface area contributed by atoms with Crippen LogP contribution in [-0.4, -0.2) is 0 Å². The average molecular weight is 347 g/mol. The summed E-state index contributed by atoms with van der Waals surface area (Å²) in [6.45, 7) is 4.51. The fourth-order valence-corrected chi connectivity index (χ4v) is 7.27. The van der Waals surface area contributed by atoms with Gasteiger partial charge in [0.25, 0.3) is 0 Å². The lowest BCUT2D eigenvalue weighted by molar-refractivity contribution is -0.0285. The van der Waals surface area contributed by atoms with Crippen LogP contribution in [0.4, 0.5) is 11.4 Å². The first-order valence-electron chi connectivity index (χ1n) is 10.2. The molecule has 4 fully saturated rings. The van der Waals surface area contributed by atoms with E-state index in [4.69, 9.17) is 11.5 Å². The standard InChI is InChI=1S/C24H30N2/c1-14-7-19(25)3-5-21(14)23-18-10-16-9-17(11-18)13-24(23,12-16)22-6-4-20(26)8-15(22)2/h3-8,16-18,23H,9-13,25-26H2,1-2H3. The van der Waals surface area contributed by atoms with Crippen LogP contribution in [0, 0.1) is 31.6 Å². The third kappa shape index (κ3) is 2.24. The maximum atomic E-state index is 6.09. The van der Waals surface area contributed by atoms with Gasteiger partial charge in [0.15, 0.2) is 0 Å². The molecule has 26 heavy (non-hydrogen) atoms. The van der Waals surface area contributed by atoms with Crippen molar-refractivity contribution in [2.45, 2.75) is 57.3 Å². The van der Waals surface area contributed by atoms with Crippen molar-refractivity contribution in [1.29, 1.82) is 0 Å². The van der Waals surface area contributed by atoms with Crippen LogP contribution in [0.25, 0.3) is 0 Å². The lowest BCUT2D eigenvalue weighted by Crippen LogP contribution is -2.54. The van der Waals surface area contributed by atoms with Gasteiger partial charge in [-0.25, -0.2) is 0 Å². The molecule has 0 radical (unpaired) electrons. The van der Waals surface area contributed by atoms with Crippen molar-refractivity contribution >= 4 is 11.4 Å². The predicted molar refractivity (Wildman–Crippen MR) is 109 cm³/mol. The van der Waals surface area contributed by atoms with Crippen molar-refractivity contribution in [2.75, 3.05) is 11.5 Å². The van der Waals surface area contributed by atoms with Gasteiger partial charge < -0.3 is 11.5 Å². The number of anilines is 2. The first kappa shape index (κ1) is 16.2. The molecule has 0 aromatic heterocycles. The van der Waals surface area contributed by atoms with E-state index in [2.05, 4.69) is 50.2 Å². The van der Waals surface area contributed by atoms with E-state index in [1.54, 1.807) is 11.1 Å². The minimum atomic E-state index is 0.285. The highest BCUT2D eigenvalue weighted by Gasteiger charge is 2.58. The Balaban J connectivity index is 1.71. The van der Waals surface area contributed by atoms with Gasteiger partial charge >= 0.3 is 0 Å². The number of nitrogen functional groups attached to an aromatic ring is 2. The maximum Gasteiger partial charge on any atom is 0.0316 e. The van der Waals surface area contributed by atoms with Gasteiger partial charge in [-0.15, -0.1) is 0 Å². The monoisotopic (exact) mass is 346 g/mol. The lowest BCUT2D eigenvalue weighted by atomic mass is 9.42. The highest BCUT2D eigenvalue weighted by molar-refractivity contribution is 5.52. The molecule has 0 heterocycles. The quantitative estimate of drug-likeness (QED) is 0.722. The van der Waals surface area contributed by atoms with Gasteiger partial charge in [-0.1, -0.05) is 12.1 Å². The van der Waals surface area contributed by atoms with Crippen molar-refractivity contribution in [3.63, 3.8) is 0 Å². The summed E-state index contributed by atoms with van der Waals surface area (Å²) >= 11 is 0. The molecule has 4 aliphatic carbocycles. The van der Waals surface area contributed by atoms with Crippen molar-refractivity contribution in [1.82, 2.24) is 0 Å². The minimum absolute atomic E-state index is 0.285. The molecule has 2 heteroatoms. The summed E-state index contributed by atoms with van der Waals surface area (Å²) in [6.07, 6.45) is 6.99. The third-order valence-corrected chi connectivity index (χ3v) is 7.73. The van der Waals surface area contributed by atoms with Crippen molar-refractivity contribution in [3.05, 3.63) is 58.7 Å². The fourth-order valence-electron chi connectivity index (χ4n) is 7.27. The molecule has 4 N–H and O–H groups in total. The third-order valence-electron chi connectivity index (χ3n) is 7.73. The van der Waals surface area contributed by atoms with Crippen LogP contribution in [0.1, 0.15) is 60.3 Å². The van der Waals surface area contributed by atoms with Crippen LogP contribution in [0.15, 0.2) is 36.4 Å². The summed E-state index contributed by atoms with van der Waals surface area (Å²) in [4.78, 5) is 0.